The highest BCUT2D eigenvalue weighted by atomic mass is 16.7. The normalized spacial score (nSPS) is 13.0. The lowest BCUT2D eigenvalue weighted by atomic mass is 9.70. The van der Waals surface area contributed by atoms with E-state index in [0.717, 1.165) is 27.8 Å². The Morgan fingerprint density at radius 1 is 0.400 bits per heavy atom. The number of carbonyl (C=O) groups is 3. The van der Waals surface area contributed by atoms with Gasteiger partial charge in [0.25, 0.3) is 0 Å². The summed E-state index contributed by atoms with van der Waals surface area (Å²) in [5.41, 5.74) is 2.60. The Kier molecular flexibility index (Phi) is 11.0. The molecule has 0 saturated heterocycles. The lowest BCUT2D eigenvalue weighted by molar-refractivity contribution is 0.0193. The number of hydrogen-bond donors (Lipinski definition) is 0. The molecule has 0 aliphatic heterocycles. The molecule has 0 spiro atoms. The summed E-state index contributed by atoms with van der Waals surface area (Å²) < 4.78 is 31.2. The highest BCUT2D eigenvalue weighted by Gasteiger charge is 2.33. The highest BCUT2D eigenvalue weighted by Crippen LogP contribution is 2.41. The van der Waals surface area contributed by atoms with Gasteiger partial charge < -0.3 is 28.4 Å². The van der Waals surface area contributed by atoms with E-state index in [4.69, 9.17) is 23.7 Å². The van der Waals surface area contributed by atoms with Crippen molar-refractivity contribution in [3.05, 3.63) is 125 Å². The van der Waals surface area contributed by atoms with Crippen LogP contribution in [0.1, 0.15) is 90.1 Å². The summed E-state index contributed by atoms with van der Waals surface area (Å²) in [6.07, 6.45) is -2.33. The zero-order chi connectivity index (χ0) is 36.9. The number of hydrogen-bond acceptors (Lipinski definition) is 9. The molecule has 50 heavy (non-hydrogen) atoms. The van der Waals surface area contributed by atoms with Gasteiger partial charge in [-0.05, 0) is 113 Å². The van der Waals surface area contributed by atoms with Crippen LogP contribution >= 0.6 is 0 Å². The van der Waals surface area contributed by atoms with E-state index in [0.29, 0.717) is 17.2 Å². The van der Waals surface area contributed by atoms with Gasteiger partial charge in [-0.1, -0.05) is 74.5 Å². The fourth-order valence-electron chi connectivity index (χ4n) is 5.41. The Balaban J connectivity index is 1.65. The van der Waals surface area contributed by atoms with Crippen LogP contribution in [0.4, 0.5) is 14.4 Å². The molecule has 0 N–H and O–H groups in total. The van der Waals surface area contributed by atoms with Gasteiger partial charge in [0, 0.05) is 10.8 Å². The van der Waals surface area contributed by atoms with Crippen LogP contribution in [-0.2, 0) is 25.0 Å². The van der Waals surface area contributed by atoms with E-state index in [9.17, 15) is 14.4 Å². The second kappa shape index (κ2) is 14.7. The Morgan fingerprint density at radius 2 is 0.660 bits per heavy atom. The maximum absolute atomic E-state index is 12.3. The van der Waals surface area contributed by atoms with Crippen molar-refractivity contribution in [3.63, 3.8) is 0 Å². The third-order valence-corrected chi connectivity index (χ3v) is 8.17. The number of benzene rings is 4. The van der Waals surface area contributed by atoms with E-state index in [1.54, 1.807) is 77.9 Å². The smallest absolute Gasteiger partial charge is 0.437 e. The van der Waals surface area contributed by atoms with E-state index < -0.39 is 35.1 Å². The van der Waals surface area contributed by atoms with Crippen molar-refractivity contribution in [2.75, 3.05) is 7.11 Å². The third kappa shape index (κ3) is 9.43. The molecule has 4 rings (SSSR count). The third-order valence-electron chi connectivity index (χ3n) is 8.17. The summed E-state index contributed by atoms with van der Waals surface area (Å²) in [6.45, 7) is 17.0. The summed E-state index contributed by atoms with van der Waals surface area (Å²) in [7, 11) is 1.26. The minimum atomic E-state index is -0.801. The van der Waals surface area contributed by atoms with Gasteiger partial charge in [-0.25, -0.2) is 14.4 Å². The molecular weight excluding hydrogens is 636 g/mol. The van der Waals surface area contributed by atoms with Gasteiger partial charge in [0.2, 0.25) is 0 Å². The topological polar surface area (TPSA) is 107 Å². The molecule has 9 heteroatoms. The molecule has 0 aliphatic rings. The molecule has 0 aromatic heterocycles. The molecular formula is C41H46O9. The van der Waals surface area contributed by atoms with Crippen LogP contribution in [-0.4, -0.2) is 36.8 Å². The lowest BCUT2D eigenvalue weighted by Crippen LogP contribution is -2.27. The molecule has 0 fully saturated rings. The molecule has 4 aromatic rings. The Hall–Kier alpha value is -5.31. The molecule has 0 radical (unpaired) electrons. The average Bonchev–Trinajstić information content (AvgIpc) is 3.03. The molecule has 0 aliphatic carbocycles. The van der Waals surface area contributed by atoms with Crippen LogP contribution in [0.2, 0.25) is 0 Å². The van der Waals surface area contributed by atoms with Crippen LogP contribution in [0, 0.1) is 0 Å². The standard InChI is InChI=1S/C41H46O9/c1-38(2,3)49-36(43)47-33-21-15-28(16-22-33)40(7,8)27-11-13-29(14-12-27)41(9,30-17-23-32(24-18-30)46-35(42)45-10)31-19-25-34(26-20-31)48-37(44)50-39(4,5)6/h11-26H,1-10H3. The summed E-state index contributed by atoms with van der Waals surface area (Å²) in [6, 6.07) is 30.4. The average molecular weight is 683 g/mol. The van der Waals surface area contributed by atoms with Crippen LogP contribution in [0.15, 0.2) is 97.1 Å². The fraction of sp³-hybridized carbons (Fsp3) is 0.341. The molecule has 0 amide bonds. The second-order valence-electron chi connectivity index (χ2n) is 14.6. The number of rotatable bonds is 8. The molecule has 0 heterocycles. The Morgan fingerprint density at radius 3 is 0.960 bits per heavy atom. The van der Waals surface area contributed by atoms with Crippen LogP contribution < -0.4 is 14.2 Å². The van der Waals surface area contributed by atoms with Gasteiger partial charge in [0.15, 0.2) is 0 Å². The van der Waals surface area contributed by atoms with Gasteiger partial charge in [-0.3, -0.25) is 0 Å². The van der Waals surface area contributed by atoms with E-state index in [2.05, 4.69) is 49.8 Å². The maximum Gasteiger partial charge on any atom is 0.514 e. The van der Waals surface area contributed by atoms with Crippen molar-refractivity contribution in [2.24, 2.45) is 0 Å². The quantitative estimate of drug-likeness (QED) is 0.0777. The van der Waals surface area contributed by atoms with Crippen molar-refractivity contribution in [1.29, 1.82) is 0 Å². The summed E-state index contributed by atoms with van der Waals surface area (Å²) in [5, 5.41) is 0. The van der Waals surface area contributed by atoms with Crippen LogP contribution in [0.3, 0.4) is 0 Å². The highest BCUT2D eigenvalue weighted by molar-refractivity contribution is 5.66. The molecule has 4 aromatic carbocycles. The first-order valence-electron chi connectivity index (χ1n) is 16.3. The zero-order valence-electron chi connectivity index (χ0n) is 30.4. The van der Waals surface area contributed by atoms with Crippen molar-refractivity contribution >= 4 is 18.5 Å². The fourth-order valence-corrected chi connectivity index (χ4v) is 5.41. The minimum absolute atomic E-state index is 0.351. The second-order valence-corrected chi connectivity index (χ2v) is 14.6. The molecule has 1 unspecified atom stereocenters. The van der Waals surface area contributed by atoms with E-state index in [-0.39, 0.29) is 5.41 Å². The summed E-state index contributed by atoms with van der Waals surface area (Å²) in [5.74, 6) is 1.10. The van der Waals surface area contributed by atoms with Crippen LogP contribution in [0.25, 0.3) is 0 Å². The number of carbonyl (C=O) groups excluding carboxylic acids is 3. The van der Waals surface area contributed by atoms with Gasteiger partial charge in [0.1, 0.15) is 28.5 Å². The molecule has 264 valence electrons. The molecule has 1 atom stereocenters. The van der Waals surface area contributed by atoms with E-state index in [1.807, 2.05) is 36.4 Å². The predicted octanol–water partition coefficient (Wildman–Crippen LogP) is 10.1. The molecule has 0 saturated carbocycles. The van der Waals surface area contributed by atoms with Crippen molar-refractivity contribution in [3.8, 4) is 17.2 Å². The van der Waals surface area contributed by atoms with Gasteiger partial charge in [-0.15, -0.1) is 0 Å². The van der Waals surface area contributed by atoms with E-state index >= 15 is 0 Å². The van der Waals surface area contributed by atoms with Crippen molar-refractivity contribution in [2.45, 2.75) is 84.3 Å². The van der Waals surface area contributed by atoms with Crippen molar-refractivity contribution < 1.29 is 42.8 Å². The molecule has 9 nitrogen and oxygen atoms in total. The monoisotopic (exact) mass is 682 g/mol. The first-order valence-corrected chi connectivity index (χ1v) is 16.3. The van der Waals surface area contributed by atoms with Crippen molar-refractivity contribution in [1.82, 2.24) is 0 Å². The Labute approximate surface area is 294 Å². The number of ether oxygens (including phenoxy) is 6. The molecule has 0 bridgehead atoms. The van der Waals surface area contributed by atoms with E-state index in [1.165, 1.54) is 7.11 Å². The first-order chi connectivity index (χ1) is 23.3. The van der Waals surface area contributed by atoms with Crippen LogP contribution in [0.5, 0.6) is 17.2 Å². The van der Waals surface area contributed by atoms with Gasteiger partial charge >= 0.3 is 18.5 Å². The number of methoxy groups -OCH3 is 1. The SMILES string of the molecule is COC(=O)Oc1ccc(C(C)(c2ccc(OC(=O)OC(C)(C)C)cc2)c2ccc(C(C)(C)c3ccc(OC(=O)OC(C)(C)C)cc3)cc2)cc1. The Bertz CT molecular complexity index is 1780. The first kappa shape index (κ1) is 37.5. The lowest BCUT2D eigenvalue weighted by Gasteiger charge is -2.33. The predicted molar refractivity (Wildman–Crippen MR) is 190 cm³/mol. The maximum atomic E-state index is 12.3. The van der Waals surface area contributed by atoms with Gasteiger partial charge in [-0.2, -0.15) is 0 Å². The summed E-state index contributed by atoms with van der Waals surface area (Å²) in [4.78, 5) is 36.1. The van der Waals surface area contributed by atoms with Gasteiger partial charge in [0.05, 0.1) is 7.11 Å². The summed E-state index contributed by atoms with van der Waals surface area (Å²) >= 11 is 0. The largest absolute Gasteiger partial charge is 0.514 e. The minimum Gasteiger partial charge on any atom is -0.437 e. The zero-order valence-corrected chi connectivity index (χ0v) is 30.4.